The van der Waals surface area contributed by atoms with Gasteiger partial charge in [-0.1, -0.05) is 12.2 Å². The van der Waals surface area contributed by atoms with Gasteiger partial charge in [-0.3, -0.25) is 24.1 Å². The van der Waals surface area contributed by atoms with Gasteiger partial charge < -0.3 is 15.7 Å². The Morgan fingerprint density at radius 2 is 1.59 bits per heavy atom. The van der Waals surface area contributed by atoms with E-state index in [9.17, 15) is 24.3 Å². The molecule has 2 bridgehead atoms. The highest BCUT2D eigenvalue weighted by Crippen LogP contribution is 2.52. The van der Waals surface area contributed by atoms with Gasteiger partial charge in [0.1, 0.15) is 12.3 Å². The maximum atomic E-state index is 12.5. The number of hydrogen-bond donors (Lipinski definition) is 3. The van der Waals surface area contributed by atoms with Gasteiger partial charge in [0.05, 0.1) is 18.4 Å². The Kier molecular flexibility index (Phi) is 4.18. The summed E-state index contributed by atoms with van der Waals surface area (Å²) in [6.45, 7) is -0.647. The molecule has 0 aromatic heterocycles. The van der Waals surface area contributed by atoms with Gasteiger partial charge in [-0.05, 0) is 42.5 Å². The molecule has 4 amide bonds. The van der Waals surface area contributed by atoms with E-state index < -0.39 is 11.8 Å². The van der Waals surface area contributed by atoms with Crippen molar-refractivity contribution in [1.82, 2.24) is 10.2 Å². The van der Waals surface area contributed by atoms with Crippen LogP contribution in [0.3, 0.4) is 0 Å². The summed E-state index contributed by atoms with van der Waals surface area (Å²) < 4.78 is 0. The maximum Gasteiger partial charge on any atom is 0.243 e. The fourth-order valence-corrected chi connectivity index (χ4v) is 4.25. The second kappa shape index (κ2) is 6.53. The van der Waals surface area contributed by atoms with Gasteiger partial charge in [-0.2, -0.15) is 0 Å². The second-order valence-electron chi connectivity index (χ2n) is 7.13. The molecule has 2 aliphatic carbocycles. The molecular formula is C19H19N3O5. The Morgan fingerprint density at radius 1 is 1.00 bits per heavy atom. The lowest BCUT2D eigenvalue weighted by Gasteiger charge is -2.16. The van der Waals surface area contributed by atoms with Crippen LogP contribution < -0.4 is 10.6 Å². The van der Waals surface area contributed by atoms with Crippen LogP contribution in [-0.4, -0.2) is 46.7 Å². The molecule has 8 nitrogen and oxygen atoms in total. The monoisotopic (exact) mass is 369 g/mol. The summed E-state index contributed by atoms with van der Waals surface area (Å²) in [4.78, 5) is 50.0. The number of carbonyl (C=O) groups excluding carboxylic acids is 4. The lowest BCUT2D eigenvalue weighted by Crippen LogP contribution is -2.43. The third-order valence-corrected chi connectivity index (χ3v) is 5.46. The van der Waals surface area contributed by atoms with Gasteiger partial charge in [0.15, 0.2) is 0 Å². The predicted octanol–water partition coefficient (Wildman–Crippen LogP) is 0.254. The van der Waals surface area contributed by atoms with Gasteiger partial charge >= 0.3 is 0 Å². The molecule has 4 rings (SSSR count). The number of likely N-dealkylation sites (tertiary alicyclic amines) is 1. The first-order valence-electron chi connectivity index (χ1n) is 8.83. The summed E-state index contributed by atoms with van der Waals surface area (Å²) in [7, 11) is 0. The van der Waals surface area contributed by atoms with Crippen LogP contribution >= 0.6 is 0 Å². The number of phenols is 1. The van der Waals surface area contributed by atoms with Crippen molar-refractivity contribution in [3.8, 4) is 5.75 Å². The zero-order valence-electron chi connectivity index (χ0n) is 14.4. The minimum atomic E-state index is -0.558. The van der Waals surface area contributed by atoms with E-state index in [1.165, 1.54) is 24.3 Å². The minimum Gasteiger partial charge on any atom is -0.508 e. The number of imide groups is 1. The molecule has 1 saturated carbocycles. The van der Waals surface area contributed by atoms with Crippen LogP contribution in [0.4, 0.5) is 5.69 Å². The second-order valence-corrected chi connectivity index (χ2v) is 7.13. The third kappa shape index (κ3) is 3.07. The van der Waals surface area contributed by atoms with Crippen molar-refractivity contribution < 1.29 is 24.3 Å². The molecule has 1 aromatic carbocycles. The van der Waals surface area contributed by atoms with Gasteiger partial charge in [-0.15, -0.1) is 0 Å². The first kappa shape index (κ1) is 17.3. The highest BCUT2D eigenvalue weighted by molar-refractivity contribution is 6.08. The third-order valence-electron chi connectivity index (χ3n) is 5.46. The van der Waals surface area contributed by atoms with Crippen LogP contribution in [0.5, 0.6) is 5.75 Å². The Labute approximate surface area is 155 Å². The van der Waals surface area contributed by atoms with E-state index >= 15 is 0 Å². The molecule has 1 aromatic rings. The number of fused-ring (bicyclic) bond motifs is 5. The number of amides is 4. The van der Waals surface area contributed by atoms with E-state index in [0.717, 1.165) is 11.3 Å². The Bertz CT molecular complexity index is 817. The van der Waals surface area contributed by atoms with Gasteiger partial charge in [0.2, 0.25) is 23.6 Å². The summed E-state index contributed by atoms with van der Waals surface area (Å²) in [6.07, 6.45) is 4.83. The standard InChI is InChI=1S/C19H19N3O5/c23-13-5-3-12(4-6-13)21-14(24)8-20-15(25)9-22-18(26)16-10-1-2-11(7-10)17(16)19(22)27/h1-6,10-11,16-17,23H,7-9H2,(H,20,25)(H,21,24)/t10-,11-,16-,17-/m0/s1. The average molecular weight is 369 g/mol. The molecule has 0 radical (unpaired) electrons. The summed E-state index contributed by atoms with van der Waals surface area (Å²) in [5, 5.41) is 14.2. The van der Waals surface area contributed by atoms with Crippen LogP contribution in [-0.2, 0) is 19.2 Å². The van der Waals surface area contributed by atoms with Crippen LogP contribution in [0.25, 0.3) is 0 Å². The number of rotatable bonds is 5. The Hall–Kier alpha value is -3.16. The highest BCUT2D eigenvalue weighted by atomic mass is 16.3. The number of nitrogens with zero attached hydrogens (tertiary/aromatic N) is 1. The topological polar surface area (TPSA) is 116 Å². The molecule has 3 aliphatic rings. The number of allylic oxidation sites excluding steroid dienone is 2. The van der Waals surface area contributed by atoms with Crippen LogP contribution in [0, 0.1) is 23.7 Å². The number of anilines is 1. The van der Waals surface area contributed by atoms with E-state index in [0.29, 0.717) is 5.69 Å². The summed E-state index contributed by atoms with van der Waals surface area (Å²) in [5.41, 5.74) is 0.479. The zero-order valence-corrected chi connectivity index (χ0v) is 14.4. The minimum absolute atomic E-state index is 0.0784. The fourth-order valence-electron chi connectivity index (χ4n) is 4.25. The van der Waals surface area contributed by atoms with E-state index in [1.807, 2.05) is 12.2 Å². The van der Waals surface area contributed by atoms with Crippen molar-refractivity contribution in [3.05, 3.63) is 36.4 Å². The first-order chi connectivity index (χ1) is 12.9. The summed E-state index contributed by atoms with van der Waals surface area (Å²) >= 11 is 0. The van der Waals surface area contributed by atoms with E-state index in [4.69, 9.17) is 0 Å². The molecule has 2 fully saturated rings. The summed E-state index contributed by atoms with van der Waals surface area (Å²) in [6, 6.07) is 5.91. The predicted molar refractivity (Wildman–Crippen MR) is 94.2 cm³/mol. The molecule has 27 heavy (non-hydrogen) atoms. The molecular weight excluding hydrogens is 350 g/mol. The van der Waals surface area contributed by atoms with Crippen molar-refractivity contribution in [2.24, 2.45) is 23.7 Å². The number of nitrogens with one attached hydrogen (secondary N) is 2. The average Bonchev–Trinajstić information content (AvgIpc) is 3.32. The number of aromatic hydroxyl groups is 1. The first-order valence-corrected chi connectivity index (χ1v) is 8.83. The molecule has 4 atom stereocenters. The molecule has 1 heterocycles. The van der Waals surface area contributed by atoms with Crippen molar-refractivity contribution in [1.29, 1.82) is 0 Å². The van der Waals surface area contributed by atoms with Crippen molar-refractivity contribution in [3.63, 3.8) is 0 Å². The van der Waals surface area contributed by atoms with E-state index in [2.05, 4.69) is 10.6 Å². The van der Waals surface area contributed by atoms with Gasteiger partial charge in [0.25, 0.3) is 0 Å². The van der Waals surface area contributed by atoms with Gasteiger partial charge in [-0.25, -0.2) is 0 Å². The normalized spacial score (nSPS) is 27.8. The molecule has 0 unspecified atom stereocenters. The maximum absolute atomic E-state index is 12.5. The highest BCUT2D eigenvalue weighted by Gasteiger charge is 2.59. The zero-order chi connectivity index (χ0) is 19.1. The number of hydrogen-bond acceptors (Lipinski definition) is 5. The molecule has 1 aliphatic heterocycles. The summed E-state index contributed by atoms with van der Waals surface area (Å²) in [5.74, 6) is -1.98. The SMILES string of the molecule is O=C(CN1C(=O)[C@@H]2[C@@H](C1=O)[C@H]1C=C[C@H]2C1)NCC(=O)Nc1ccc(O)cc1. The van der Waals surface area contributed by atoms with E-state index in [1.54, 1.807) is 0 Å². The Morgan fingerprint density at radius 3 is 2.19 bits per heavy atom. The van der Waals surface area contributed by atoms with Crippen molar-refractivity contribution in [2.45, 2.75) is 6.42 Å². The van der Waals surface area contributed by atoms with Crippen LogP contribution in [0.1, 0.15) is 6.42 Å². The Balaban J connectivity index is 1.28. The fraction of sp³-hybridized carbons (Fsp3) is 0.368. The molecule has 0 spiro atoms. The van der Waals surface area contributed by atoms with Crippen LogP contribution in [0.15, 0.2) is 36.4 Å². The quantitative estimate of drug-likeness (QED) is 0.391. The number of phenolic OH excluding ortho intramolecular Hbond substituents is 1. The molecule has 8 heteroatoms. The smallest absolute Gasteiger partial charge is 0.243 e. The molecule has 140 valence electrons. The van der Waals surface area contributed by atoms with Crippen LogP contribution in [0.2, 0.25) is 0 Å². The molecule has 3 N–H and O–H groups in total. The van der Waals surface area contributed by atoms with Gasteiger partial charge in [0, 0.05) is 5.69 Å². The molecule has 1 saturated heterocycles. The van der Waals surface area contributed by atoms with Crippen molar-refractivity contribution in [2.75, 3.05) is 18.4 Å². The largest absolute Gasteiger partial charge is 0.508 e. The lowest BCUT2D eigenvalue weighted by atomic mass is 9.85. The number of benzene rings is 1. The van der Waals surface area contributed by atoms with E-state index in [-0.39, 0.29) is 54.3 Å². The van der Waals surface area contributed by atoms with Crippen molar-refractivity contribution >= 4 is 29.3 Å². The lowest BCUT2D eigenvalue weighted by molar-refractivity contribution is -0.144. The number of carbonyl (C=O) groups is 4.